The van der Waals surface area contributed by atoms with Crippen LogP contribution >= 0.6 is 35.1 Å². The van der Waals surface area contributed by atoms with Gasteiger partial charge in [-0.3, -0.25) is 9.36 Å². The Labute approximate surface area is 293 Å². The predicted molar refractivity (Wildman–Crippen MR) is 194 cm³/mol. The summed E-state index contributed by atoms with van der Waals surface area (Å²) in [5.74, 6) is 2.25. The number of nitrogens with zero attached hydrogens (tertiary/aromatic N) is 5. The van der Waals surface area contributed by atoms with Crippen molar-refractivity contribution in [3.8, 4) is 16.9 Å². The number of anilines is 1. The van der Waals surface area contributed by atoms with Crippen LogP contribution in [0.5, 0.6) is 5.75 Å². The van der Waals surface area contributed by atoms with Crippen LogP contribution in [0.3, 0.4) is 0 Å². The SMILES string of the molecule is Cn1nc2cc1CSc1cc3c(c(c1)OCCCc1c(C(=O)O)n(C)c4c(c(Cl)ccc14)-c1c(nn4c1CCCC4)CSC2)CCCN3. The van der Waals surface area contributed by atoms with Gasteiger partial charge < -0.3 is 19.7 Å². The van der Waals surface area contributed by atoms with Crippen LogP contribution in [0, 0.1) is 0 Å². The summed E-state index contributed by atoms with van der Waals surface area (Å²) in [6.45, 7) is 2.32. The molecular weight excluding hydrogens is 664 g/mol. The van der Waals surface area contributed by atoms with Gasteiger partial charge >= 0.3 is 5.97 Å². The third-order valence-corrected chi connectivity index (χ3v) is 12.2. The largest absolute Gasteiger partial charge is 0.493 e. The van der Waals surface area contributed by atoms with Crippen molar-refractivity contribution in [3.63, 3.8) is 0 Å². The minimum Gasteiger partial charge on any atom is -0.493 e. The summed E-state index contributed by atoms with van der Waals surface area (Å²) in [4.78, 5) is 14.0. The molecule has 5 aromatic rings. The summed E-state index contributed by atoms with van der Waals surface area (Å²) in [5, 5.41) is 25.6. The number of hydrogen-bond donors (Lipinski definition) is 2. The number of carboxylic acid groups (broad SMARTS) is 1. The highest BCUT2D eigenvalue weighted by Gasteiger charge is 2.29. The van der Waals surface area contributed by atoms with Gasteiger partial charge in [-0.05, 0) is 74.8 Å². The molecule has 12 heteroatoms. The molecule has 9 nitrogen and oxygen atoms in total. The number of carbonyl (C=O) groups is 1. The number of rotatable bonds is 1. The first-order chi connectivity index (χ1) is 23.4. The predicted octanol–water partition coefficient (Wildman–Crippen LogP) is 7.87. The molecule has 3 aromatic heterocycles. The van der Waals surface area contributed by atoms with Crippen LogP contribution in [-0.4, -0.2) is 48.4 Å². The first kappa shape index (κ1) is 31.7. The average Bonchev–Trinajstić information content (AvgIpc) is 3.72. The molecule has 48 heavy (non-hydrogen) atoms. The van der Waals surface area contributed by atoms with Crippen LogP contribution in [0.2, 0.25) is 5.02 Å². The first-order valence-electron chi connectivity index (χ1n) is 16.7. The Bertz CT molecular complexity index is 2060. The van der Waals surface area contributed by atoms with E-state index in [0.717, 1.165) is 112 Å². The van der Waals surface area contributed by atoms with Crippen LogP contribution in [0.15, 0.2) is 35.2 Å². The minimum atomic E-state index is -0.937. The number of benzene rings is 2. The molecule has 0 saturated carbocycles. The second-order valence-electron chi connectivity index (χ2n) is 12.9. The number of hydrogen-bond acceptors (Lipinski definition) is 7. The van der Waals surface area contributed by atoms with E-state index < -0.39 is 5.97 Å². The zero-order chi connectivity index (χ0) is 32.9. The number of thioether (sulfide) groups is 2. The lowest BCUT2D eigenvalue weighted by molar-refractivity contribution is 0.0685. The molecular formula is C36H39ClN6O3S2. The van der Waals surface area contributed by atoms with Crippen LogP contribution in [-0.2, 0) is 57.2 Å². The van der Waals surface area contributed by atoms with Crippen molar-refractivity contribution < 1.29 is 14.6 Å². The first-order valence-corrected chi connectivity index (χ1v) is 19.3. The van der Waals surface area contributed by atoms with Gasteiger partial charge in [-0.25, -0.2) is 4.79 Å². The van der Waals surface area contributed by atoms with Gasteiger partial charge in [-0.2, -0.15) is 10.2 Å². The van der Waals surface area contributed by atoms with Crippen molar-refractivity contribution >= 4 is 57.7 Å². The van der Waals surface area contributed by atoms with Gasteiger partial charge in [0.1, 0.15) is 11.4 Å². The molecule has 3 aliphatic heterocycles. The van der Waals surface area contributed by atoms with E-state index in [9.17, 15) is 9.90 Å². The maximum Gasteiger partial charge on any atom is 0.352 e. The summed E-state index contributed by atoms with van der Waals surface area (Å²) in [6, 6.07) is 10.6. The lowest BCUT2D eigenvalue weighted by Crippen LogP contribution is -2.14. The molecule has 0 amide bonds. The fourth-order valence-corrected chi connectivity index (χ4v) is 9.72. The van der Waals surface area contributed by atoms with Gasteiger partial charge in [0.05, 0.1) is 28.5 Å². The summed E-state index contributed by atoms with van der Waals surface area (Å²) < 4.78 is 12.5. The summed E-state index contributed by atoms with van der Waals surface area (Å²) in [7, 11) is 3.88. The minimum absolute atomic E-state index is 0.304. The second-order valence-corrected chi connectivity index (χ2v) is 15.4. The number of halogens is 1. The third kappa shape index (κ3) is 5.67. The average molecular weight is 703 g/mol. The van der Waals surface area contributed by atoms with E-state index in [0.29, 0.717) is 35.9 Å². The van der Waals surface area contributed by atoms with Gasteiger partial charge in [0.2, 0.25) is 0 Å². The van der Waals surface area contributed by atoms with E-state index in [2.05, 4.69) is 28.2 Å². The Morgan fingerprint density at radius 3 is 2.73 bits per heavy atom. The molecule has 0 aliphatic carbocycles. The van der Waals surface area contributed by atoms with Crippen molar-refractivity contribution in [2.45, 2.75) is 73.6 Å². The van der Waals surface area contributed by atoms with E-state index >= 15 is 0 Å². The molecule has 0 saturated heterocycles. The molecule has 0 fully saturated rings. The standard InChI is InChI=1S/C36H39ClN6O3S2/c1-41-34-25-10-11-27(37)32(34)33-29(40-43-13-4-3-9-30(33)43)20-47-18-21-15-22(42(2)39-21)19-48-23-16-28-26(7-5-12-38-28)31(17-23)46-14-6-8-24(25)35(41)36(44)45/h10-11,15-17,38H,3-9,12-14,18-20H2,1-2H3,(H,44,45). The Kier molecular flexibility index (Phi) is 8.63. The maximum atomic E-state index is 12.8. The summed E-state index contributed by atoms with van der Waals surface area (Å²) >= 11 is 10.7. The van der Waals surface area contributed by atoms with Crippen LogP contribution in [0.1, 0.15) is 70.1 Å². The molecule has 3 aliphatic rings. The molecule has 0 unspecified atom stereocenters. The van der Waals surface area contributed by atoms with Crippen molar-refractivity contribution in [1.82, 2.24) is 24.1 Å². The number of aromatic carboxylic acids is 1. The van der Waals surface area contributed by atoms with Crippen molar-refractivity contribution in [1.29, 1.82) is 0 Å². The zero-order valence-electron chi connectivity index (χ0n) is 27.3. The fraction of sp³-hybridized carbons (Fsp3) is 0.417. The van der Waals surface area contributed by atoms with Crippen molar-refractivity contribution in [2.75, 3.05) is 18.5 Å². The second kappa shape index (κ2) is 13.1. The molecule has 0 radical (unpaired) electrons. The van der Waals surface area contributed by atoms with Crippen LogP contribution < -0.4 is 10.1 Å². The number of nitrogens with one attached hydrogen (secondary N) is 1. The highest BCUT2D eigenvalue weighted by atomic mass is 35.5. The number of aryl methyl sites for hydroxylation is 4. The Balaban J connectivity index is 1.25. The van der Waals surface area contributed by atoms with Crippen LogP contribution in [0.25, 0.3) is 22.0 Å². The Morgan fingerprint density at radius 2 is 1.85 bits per heavy atom. The molecule has 0 spiro atoms. The Morgan fingerprint density at radius 1 is 0.979 bits per heavy atom. The van der Waals surface area contributed by atoms with Gasteiger partial charge in [-0.1, -0.05) is 17.7 Å². The highest BCUT2D eigenvalue weighted by Crippen LogP contribution is 2.44. The van der Waals surface area contributed by atoms with E-state index in [1.165, 1.54) is 17.0 Å². The lowest BCUT2D eigenvalue weighted by atomic mass is 9.95. The lowest BCUT2D eigenvalue weighted by Gasteiger charge is -2.22. The maximum absolute atomic E-state index is 12.8. The van der Waals surface area contributed by atoms with Crippen molar-refractivity contribution in [3.05, 3.63) is 75.0 Å². The van der Waals surface area contributed by atoms with Crippen LogP contribution in [0.4, 0.5) is 5.69 Å². The summed E-state index contributed by atoms with van der Waals surface area (Å²) in [5.41, 5.74) is 10.7. The zero-order valence-corrected chi connectivity index (χ0v) is 29.7. The summed E-state index contributed by atoms with van der Waals surface area (Å²) in [6.07, 6.45) is 6.40. The molecule has 2 N–H and O–H groups in total. The number of ether oxygens (including phenoxy) is 1. The normalized spacial score (nSPS) is 16.7. The van der Waals surface area contributed by atoms with Gasteiger partial charge in [0.25, 0.3) is 0 Å². The smallest absolute Gasteiger partial charge is 0.352 e. The van der Waals surface area contributed by atoms with Gasteiger partial charge in [0, 0.05) is 88.5 Å². The van der Waals surface area contributed by atoms with Gasteiger partial charge in [-0.15, -0.1) is 23.5 Å². The molecule has 8 bridgehead atoms. The van der Waals surface area contributed by atoms with Gasteiger partial charge in [0.15, 0.2) is 0 Å². The molecule has 6 heterocycles. The highest BCUT2D eigenvalue weighted by molar-refractivity contribution is 7.98. The third-order valence-electron chi connectivity index (χ3n) is 9.86. The number of aromatic nitrogens is 5. The topological polar surface area (TPSA) is 99.1 Å². The molecule has 250 valence electrons. The molecule has 2 aromatic carbocycles. The molecule has 8 rings (SSSR count). The number of carboxylic acids is 1. The van der Waals surface area contributed by atoms with E-state index in [-0.39, 0.29) is 0 Å². The van der Waals surface area contributed by atoms with Crippen molar-refractivity contribution in [2.24, 2.45) is 14.1 Å². The fourth-order valence-electron chi connectivity index (χ4n) is 7.65. The number of fused-ring (bicyclic) bond motifs is 10. The quantitative estimate of drug-likeness (QED) is 0.182. The van der Waals surface area contributed by atoms with E-state index in [4.69, 9.17) is 26.5 Å². The Hall–Kier alpha value is -3.54. The monoisotopic (exact) mass is 702 g/mol. The van der Waals surface area contributed by atoms with E-state index in [1.54, 1.807) is 23.5 Å². The van der Waals surface area contributed by atoms with E-state index in [1.807, 2.05) is 35.5 Å². The molecule has 0 atom stereocenters.